The second-order valence-electron chi connectivity index (χ2n) is 3.07. The summed E-state index contributed by atoms with van der Waals surface area (Å²) in [5.41, 5.74) is 5.48. The first-order chi connectivity index (χ1) is 6.43. The van der Waals surface area contributed by atoms with Crippen molar-refractivity contribution < 1.29 is 18.6 Å². The van der Waals surface area contributed by atoms with Gasteiger partial charge in [-0.3, -0.25) is 9.36 Å². The number of methoxy groups -OCH3 is 1. The third-order valence-corrected chi connectivity index (χ3v) is 3.63. The van der Waals surface area contributed by atoms with Crippen molar-refractivity contribution in [2.75, 3.05) is 26.5 Å². The van der Waals surface area contributed by atoms with Crippen LogP contribution in [0.4, 0.5) is 0 Å². The summed E-state index contributed by atoms with van der Waals surface area (Å²) in [6.07, 6.45) is 0.623. The minimum Gasteiger partial charge on any atom is -0.468 e. The fraction of sp³-hybridized carbons (Fsp3) is 0.875. The maximum atomic E-state index is 11.6. The van der Waals surface area contributed by atoms with Gasteiger partial charge < -0.3 is 15.0 Å². The van der Waals surface area contributed by atoms with Crippen LogP contribution in [0.25, 0.3) is 0 Å². The monoisotopic (exact) mass is 223 g/mol. The summed E-state index contributed by atoms with van der Waals surface area (Å²) in [5.74, 6) is -0.485. The first kappa shape index (κ1) is 13.6. The predicted molar refractivity (Wildman–Crippen MR) is 54.6 cm³/mol. The van der Waals surface area contributed by atoms with Crippen LogP contribution in [-0.2, 0) is 18.6 Å². The largest absolute Gasteiger partial charge is 0.468 e. The van der Waals surface area contributed by atoms with Gasteiger partial charge in [-0.15, -0.1) is 0 Å². The fourth-order valence-corrected chi connectivity index (χ4v) is 2.40. The second-order valence-corrected chi connectivity index (χ2v) is 5.81. The lowest BCUT2D eigenvalue weighted by molar-refractivity contribution is -0.142. The quantitative estimate of drug-likeness (QED) is 0.532. The van der Waals surface area contributed by atoms with Crippen molar-refractivity contribution in [1.29, 1.82) is 0 Å². The van der Waals surface area contributed by atoms with E-state index in [1.54, 1.807) is 13.6 Å². The molecule has 5 nitrogen and oxygen atoms in total. The molecular formula is C8H18NO4P. The van der Waals surface area contributed by atoms with Crippen LogP contribution in [0, 0.1) is 0 Å². The smallest absolute Gasteiger partial charge is 0.322 e. The van der Waals surface area contributed by atoms with Gasteiger partial charge in [0.25, 0.3) is 0 Å². The van der Waals surface area contributed by atoms with Gasteiger partial charge in [-0.1, -0.05) is 0 Å². The maximum absolute atomic E-state index is 11.6. The number of carbonyl (C=O) groups is 1. The van der Waals surface area contributed by atoms with Gasteiger partial charge in [0, 0.05) is 12.8 Å². The summed E-state index contributed by atoms with van der Waals surface area (Å²) >= 11 is 0. The van der Waals surface area contributed by atoms with Gasteiger partial charge in [-0.05, 0) is 13.3 Å². The fourth-order valence-electron chi connectivity index (χ4n) is 0.980. The summed E-state index contributed by atoms with van der Waals surface area (Å²) in [7, 11) is -1.31. The molecule has 6 heteroatoms. The molecule has 0 aromatic rings. The molecule has 0 rings (SSSR count). The average Bonchev–Trinajstić information content (AvgIpc) is 2.13. The van der Waals surface area contributed by atoms with Crippen LogP contribution < -0.4 is 5.73 Å². The molecule has 2 atom stereocenters. The third-order valence-electron chi connectivity index (χ3n) is 1.75. The van der Waals surface area contributed by atoms with Gasteiger partial charge in [0.05, 0.1) is 13.7 Å². The summed E-state index contributed by atoms with van der Waals surface area (Å²) in [6, 6.07) is -0.714. The van der Waals surface area contributed by atoms with E-state index in [9.17, 15) is 9.36 Å². The summed E-state index contributed by atoms with van der Waals surface area (Å²) in [4.78, 5) is 10.9. The molecule has 2 unspecified atom stereocenters. The Hall–Kier alpha value is -0.380. The van der Waals surface area contributed by atoms with E-state index in [1.807, 2.05) is 0 Å². The van der Waals surface area contributed by atoms with Crippen LogP contribution in [-0.4, -0.2) is 38.6 Å². The van der Waals surface area contributed by atoms with Crippen molar-refractivity contribution in [2.45, 2.75) is 19.4 Å². The molecule has 0 radical (unpaired) electrons. The molecule has 0 aliphatic carbocycles. The Morgan fingerprint density at radius 3 is 2.57 bits per heavy atom. The lowest BCUT2D eigenvalue weighted by atomic mass is 10.2. The predicted octanol–water partition coefficient (Wildman–Crippen LogP) is 0.821. The Balaban J connectivity index is 3.93. The molecule has 0 saturated carbocycles. The van der Waals surface area contributed by atoms with E-state index < -0.39 is 19.4 Å². The molecule has 14 heavy (non-hydrogen) atoms. The molecule has 0 aliphatic rings. The van der Waals surface area contributed by atoms with Crippen molar-refractivity contribution in [3.05, 3.63) is 0 Å². The third kappa shape index (κ3) is 5.37. The van der Waals surface area contributed by atoms with Crippen molar-refractivity contribution in [1.82, 2.24) is 0 Å². The number of rotatable bonds is 6. The normalized spacial score (nSPS) is 17.1. The topological polar surface area (TPSA) is 78.6 Å². The van der Waals surface area contributed by atoms with Crippen molar-refractivity contribution >= 4 is 13.3 Å². The van der Waals surface area contributed by atoms with Gasteiger partial charge in [-0.2, -0.15) is 0 Å². The zero-order valence-corrected chi connectivity index (χ0v) is 9.75. The Labute approximate surface area is 84.4 Å². The molecule has 2 N–H and O–H groups in total. The highest BCUT2D eigenvalue weighted by atomic mass is 31.2. The highest BCUT2D eigenvalue weighted by molar-refractivity contribution is 7.58. The highest BCUT2D eigenvalue weighted by Crippen LogP contribution is 2.42. The molecule has 84 valence electrons. The maximum Gasteiger partial charge on any atom is 0.322 e. The lowest BCUT2D eigenvalue weighted by Crippen LogP contribution is -2.32. The first-order valence-electron chi connectivity index (χ1n) is 4.47. The Morgan fingerprint density at radius 1 is 1.57 bits per heavy atom. The molecule has 0 aromatic heterocycles. The Kier molecular flexibility index (Phi) is 6.00. The van der Waals surface area contributed by atoms with Crippen LogP contribution in [0.5, 0.6) is 0 Å². The van der Waals surface area contributed by atoms with E-state index in [2.05, 4.69) is 4.74 Å². The van der Waals surface area contributed by atoms with Gasteiger partial charge >= 0.3 is 5.97 Å². The number of esters is 1. The van der Waals surface area contributed by atoms with E-state index >= 15 is 0 Å². The first-order valence-corrected chi connectivity index (χ1v) is 6.73. The molecule has 0 bridgehead atoms. The second kappa shape index (κ2) is 6.17. The van der Waals surface area contributed by atoms with Crippen molar-refractivity contribution in [2.24, 2.45) is 5.73 Å². The van der Waals surface area contributed by atoms with Crippen LogP contribution in [0.3, 0.4) is 0 Å². The van der Waals surface area contributed by atoms with E-state index in [0.717, 1.165) is 0 Å². The number of nitrogens with two attached hydrogens (primary N) is 1. The van der Waals surface area contributed by atoms with Crippen LogP contribution >= 0.6 is 7.37 Å². The molecule has 0 heterocycles. The lowest BCUT2D eigenvalue weighted by Gasteiger charge is -2.14. The van der Waals surface area contributed by atoms with Crippen molar-refractivity contribution in [3.63, 3.8) is 0 Å². The van der Waals surface area contributed by atoms with Gasteiger partial charge in [0.1, 0.15) is 6.04 Å². The number of carbonyl (C=O) groups excluding carboxylic acids is 1. The summed E-state index contributed by atoms with van der Waals surface area (Å²) in [5, 5.41) is 0. The Bertz CT molecular complexity index is 231. The molecule has 0 aliphatic heterocycles. The van der Waals surface area contributed by atoms with Crippen LogP contribution in [0.1, 0.15) is 13.3 Å². The Morgan fingerprint density at radius 2 is 2.14 bits per heavy atom. The molecule has 0 spiro atoms. The van der Waals surface area contributed by atoms with Crippen molar-refractivity contribution in [3.8, 4) is 0 Å². The van der Waals surface area contributed by atoms with E-state index in [-0.39, 0.29) is 0 Å². The van der Waals surface area contributed by atoms with Crippen LogP contribution in [0.15, 0.2) is 0 Å². The molecular weight excluding hydrogens is 205 g/mol. The SMILES string of the molecule is CCOP(C)(=O)CCC(N)C(=O)OC. The zero-order valence-electron chi connectivity index (χ0n) is 8.86. The van der Waals surface area contributed by atoms with E-state index in [0.29, 0.717) is 19.2 Å². The molecule has 0 amide bonds. The van der Waals surface area contributed by atoms with Gasteiger partial charge in [0.2, 0.25) is 0 Å². The highest BCUT2D eigenvalue weighted by Gasteiger charge is 2.20. The van der Waals surface area contributed by atoms with Gasteiger partial charge in [0.15, 0.2) is 7.37 Å². The molecule has 0 aromatic carbocycles. The number of ether oxygens (including phenoxy) is 1. The zero-order chi connectivity index (χ0) is 11.2. The summed E-state index contributed by atoms with van der Waals surface area (Å²) in [6.45, 7) is 3.72. The van der Waals surface area contributed by atoms with Crippen LogP contribution in [0.2, 0.25) is 0 Å². The van der Waals surface area contributed by atoms with E-state index in [1.165, 1.54) is 7.11 Å². The molecule has 0 fully saturated rings. The number of hydrogen-bond acceptors (Lipinski definition) is 5. The minimum absolute atomic E-state index is 0.303. The average molecular weight is 223 g/mol. The van der Waals surface area contributed by atoms with E-state index in [4.69, 9.17) is 10.3 Å². The minimum atomic E-state index is -2.58. The number of hydrogen-bond donors (Lipinski definition) is 1. The van der Waals surface area contributed by atoms with Gasteiger partial charge in [-0.25, -0.2) is 0 Å². The summed E-state index contributed by atoms with van der Waals surface area (Å²) < 4.78 is 21.1. The standard InChI is InChI=1S/C8H18NO4P/c1-4-13-14(3,11)6-5-7(9)8(10)12-2/h7H,4-6,9H2,1-3H3. The molecule has 0 saturated heterocycles.